The first-order valence-corrected chi connectivity index (χ1v) is 5.55. The van der Waals surface area contributed by atoms with Gasteiger partial charge in [-0.3, -0.25) is 0 Å². The Balaban J connectivity index is 2.18. The monoisotopic (exact) mass is 235 g/mol. The van der Waals surface area contributed by atoms with Crippen molar-refractivity contribution in [2.45, 2.75) is 26.5 Å². The molecule has 17 heavy (non-hydrogen) atoms. The van der Waals surface area contributed by atoms with Gasteiger partial charge in [0.2, 0.25) is 0 Å². The highest BCUT2D eigenvalue weighted by Crippen LogP contribution is 2.24. The topological polar surface area (TPSA) is 87.3 Å². The summed E-state index contributed by atoms with van der Waals surface area (Å²) in [7, 11) is 0. The second-order valence-corrected chi connectivity index (χ2v) is 4.26. The van der Waals surface area contributed by atoms with E-state index in [0.29, 0.717) is 30.4 Å². The van der Waals surface area contributed by atoms with Crippen LogP contribution in [0.1, 0.15) is 18.4 Å². The minimum absolute atomic E-state index is 0.0328. The maximum absolute atomic E-state index is 5.89. The van der Waals surface area contributed by atoms with Gasteiger partial charge in [-0.05, 0) is 24.6 Å². The number of rotatable bonds is 4. The Morgan fingerprint density at radius 3 is 2.94 bits per heavy atom. The Hall–Kier alpha value is -1.59. The molecule has 0 aliphatic heterocycles. The predicted molar refractivity (Wildman–Crippen MR) is 66.5 cm³/mol. The molecule has 0 unspecified atom stereocenters. The lowest BCUT2D eigenvalue weighted by molar-refractivity contribution is 0.111. The molecule has 1 aromatic carbocycles. The summed E-state index contributed by atoms with van der Waals surface area (Å²) in [6.45, 7) is 4.70. The highest BCUT2D eigenvalue weighted by atomic mass is 16.5. The molecule has 1 atom stereocenters. The van der Waals surface area contributed by atoms with Gasteiger partial charge >= 0.3 is 0 Å². The molecule has 0 bridgehead atoms. The molecule has 0 spiro atoms. The highest BCUT2D eigenvalue weighted by Gasteiger charge is 2.08. The summed E-state index contributed by atoms with van der Waals surface area (Å²) in [5.74, 6) is 0.611. The van der Waals surface area contributed by atoms with E-state index in [0.717, 1.165) is 11.1 Å². The standard InChI is InChI=1S/C12H17N3O2/c1-7(13)5-16-6-9-3-10(14)12-11(4-9)15-8(2)17-12/h3-4,7H,5-6,13-14H2,1-2H3/t7-/m1/s1. The molecule has 0 fully saturated rings. The normalized spacial score (nSPS) is 13.1. The number of nitrogens with zero attached hydrogens (tertiary/aromatic N) is 1. The van der Waals surface area contributed by atoms with Crippen LogP contribution in [0.5, 0.6) is 0 Å². The third-order valence-electron chi connectivity index (χ3n) is 2.33. The molecule has 0 amide bonds. The molecule has 2 rings (SSSR count). The lowest BCUT2D eigenvalue weighted by Crippen LogP contribution is -2.21. The van der Waals surface area contributed by atoms with E-state index in [1.54, 1.807) is 6.92 Å². The van der Waals surface area contributed by atoms with Crippen LogP contribution >= 0.6 is 0 Å². The molecule has 0 saturated heterocycles. The Labute approximate surface area is 99.7 Å². The summed E-state index contributed by atoms with van der Waals surface area (Å²) in [6.07, 6.45) is 0. The molecule has 5 heteroatoms. The molecule has 0 aliphatic rings. The highest BCUT2D eigenvalue weighted by molar-refractivity contribution is 5.85. The molecule has 1 heterocycles. The van der Waals surface area contributed by atoms with Crippen molar-refractivity contribution in [3.05, 3.63) is 23.6 Å². The SMILES string of the molecule is Cc1nc2cc(COC[C@@H](C)N)cc(N)c2o1. The number of ether oxygens (including phenoxy) is 1. The van der Waals surface area contributed by atoms with Gasteiger partial charge in [-0.2, -0.15) is 0 Å². The second kappa shape index (κ2) is 4.73. The van der Waals surface area contributed by atoms with Crippen LogP contribution < -0.4 is 11.5 Å². The first-order valence-electron chi connectivity index (χ1n) is 5.55. The van der Waals surface area contributed by atoms with E-state index in [4.69, 9.17) is 20.6 Å². The van der Waals surface area contributed by atoms with Crippen LogP contribution in [0.4, 0.5) is 5.69 Å². The number of aryl methyl sites for hydroxylation is 1. The Bertz CT molecular complexity index is 520. The fourth-order valence-electron chi connectivity index (χ4n) is 1.68. The van der Waals surface area contributed by atoms with Crippen molar-refractivity contribution in [1.29, 1.82) is 0 Å². The van der Waals surface area contributed by atoms with Gasteiger partial charge in [0, 0.05) is 13.0 Å². The zero-order valence-corrected chi connectivity index (χ0v) is 10.1. The van der Waals surface area contributed by atoms with E-state index >= 15 is 0 Å². The maximum atomic E-state index is 5.89. The molecule has 5 nitrogen and oxygen atoms in total. The largest absolute Gasteiger partial charge is 0.439 e. The number of aromatic nitrogens is 1. The number of nitrogens with two attached hydrogens (primary N) is 2. The number of hydrogen-bond donors (Lipinski definition) is 2. The van der Waals surface area contributed by atoms with Crippen molar-refractivity contribution in [3.63, 3.8) is 0 Å². The Kier molecular flexibility index (Phi) is 3.31. The van der Waals surface area contributed by atoms with Crippen molar-refractivity contribution >= 4 is 16.8 Å². The quantitative estimate of drug-likeness (QED) is 0.785. The summed E-state index contributed by atoms with van der Waals surface area (Å²) in [4.78, 5) is 4.25. The predicted octanol–water partition coefficient (Wildman–Crippen LogP) is 1.58. The fraction of sp³-hybridized carbons (Fsp3) is 0.417. The van der Waals surface area contributed by atoms with E-state index in [2.05, 4.69) is 4.98 Å². The third-order valence-corrected chi connectivity index (χ3v) is 2.33. The molecule has 4 N–H and O–H groups in total. The third kappa shape index (κ3) is 2.75. The first-order chi connectivity index (χ1) is 8.06. The van der Waals surface area contributed by atoms with Crippen LogP contribution in [0.2, 0.25) is 0 Å². The molecule has 92 valence electrons. The molecule has 0 radical (unpaired) electrons. The zero-order chi connectivity index (χ0) is 12.4. The Morgan fingerprint density at radius 2 is 2.24 bits per heavy atom. The zero-order valence-electron chi connectivity index (χ0n) is 10.1. The number of benzene rings is 1. The Morgan fingerprint density at radius 1 is 1.47 bits per heavy atom. The molecule has 0 saturated carbocycles. The number of fused-ring (bicyclic) bond motifs is 1. The molecule has 0 aliphatic carbocycles. The van der Waals surface area contributed by atoms with Crippen molar-refractivity contribution in [3.8, 4) is 0 Å². The minimum Gasteiger partial charge on any atom is -0.439 e. The van der Waals surface area contributed by atoms with Crippen LogP contribution in [0.25, 0.3) is 11.1 Å². The maximum Gasteiger partial charge on any atom is 0.192 e. The average molecular weight is 235 g/mol. The van der Waals surface area contributed by atoms with Gasteiger partial charge < -0.3 is 20.6 Å². The lowest BCUT2D eigenvalue weighted by atomic mass is 10.2. The van der Waals surface area contributed by atoms with Gasteiger partial charge in [0.25, 0.3) is 0 Å². The van der Waals surface area contributed by atoms with E-state index in [1.165, 1.54) is 0 Å². The van der Waals surface area contributed by atoms with Crippen LogP contribution in [0, 0.1) is 6.92 Å². The van der Waals surface area contributed by atoms with Crippen LogP contribution in [-0.4, -0.2) is 17.6 Å². The first kappa shape index (κ1) is 11.9. The summed E-state index contributed by atoms with van der Waals surface area (Å²) < 4.78 is 10.9. The van der Waals surface area contributed by atoms with E-state index in [-0.39, 0.29) is 6.04 Å². The van der Waals surface area contributed by atoms with Gasteiger partial charge in [-0.1, -0.05) is 0 Å². The summed E-state index contributed by atoms with van der Waals surface area (Å²) in [5.41, 5.74) is 14.5. The van der Waals surface area contributed by atoms with Gasteiger partial charge in [0.05, 0.1) is 18.9 Å². The fourth-order valence-corrected chi connectivity index (χ4v) is 1.68. The summed E-state index contributed by atoms with van der Waals surface area (Å²) in [5, 5.41) is 0. The van der Waals surface area contributed by atoms with Crippen molar-refractivity contribution in [2.24, 2.45) is 5.73 Å². The van der Waals surface area contributed by atoms with Crippen LogP contribution in [-0.2, 0) is 11.3 Å². The number of oxazole rings is 1. The smallest absolute Gasteiger partial charge is 0.192 e. The van der Waals surface area contributed by atoms with Gasteiger partial charge in [0.15, 0.2) is 11.5 Å². The number of nitrogen functional groups attached to an aromatic ring is 1. The minimum atomic E-state index is 0.0328. The molecule has 1 aromatic heterocycles. The van der Waals surface area contributed by atoms with Gasteiger partial charge in [-0.25, -0.2) is 4.98 Å². The number of anilines is 1. The van der Waals surface area contributed by atoms with Crippen molar-refractivity contribution < 1.29 is 9.15 Å². The lowest BCUT2D eigenvalue weighted by Gasteiger charge is -2.07. The van der Waals surface area contributed by atoms with Gasteiger partial charge in [0.1, 0.15) is 5.52 Å². The van der Waals surface area contributed by atoms with E-state index in [9.17, 15) is 0 Å². The summed E-state index contributed by atoms with van der Waals surface area (Å²) >= 11 is 0. The van der Waals surface area contributed by atoms with E-state index in [1.807, 2.05) is 19.1 Å². The van der Waals surface area contributed by atoms with Gasteiger partial charge in [-0.15, -0.1) is 0 Å². The van der Waals surface area contributed by atoms with E-state index < -0.39 is 0 Å². The average Bonchev–Trinajstić information content (AvgIpc) is 2.58. The summed E-state index contributed by atoms with van der Waals surface area (Å²) in [6, 6.07) is 3.79. The molecule has 2 aromatic rings. The second-order valence-electron chi connectivity index (χ2n) is 4.26. The van der Waals surface area contributed by atoms with Crippen LogP contribution in [0.3, 0.4) is 0 Å². The molecular weight excluding hydrogens is 218 g/mol. The van der Waals surface area contributed by atoms with Crippen molar-refractivity contribution in [1.82, 2.24) is 4.98 Å². The molecular formula is C12H17N3O2. The number of hydrogen-bond acceptors (Lipinski definition) is 5. The van der Waals surface area contributed by atoms with Crippen LogP contribution in [0.15, 0.2) is 16.5 Å². The van der Waals surface area contributed by atoms with Crippen molar-refractivity contribution in [2.75, 3.05) is 12.3 Å².